The fourth-order valence-electron chi connectivity index (χ4n) is 3.12. The summed E-state index contributed by atoms with van der Waals surface area (Å²) in [5.41, 5.74) is 2.54. The van der Waals surface area contributed by atoms with Crippen molar-refractivity contribution < 1.29 is 8.78 Å². The zero-order chi connectivity index (χ0) is 24.2. The predicted molar refractivity (Wildman–Crippen MR) is 134 cm³/mol. The number of nitrogens with one attached hydrogen (secondary N) is 3. The molecular weight excluding hydrogens is 504 g/mol. The molecule has 7 nitrogen and oxygen atoms in total. The zero-order valence-corrected chi connectivity index (χ0v) is 19.7. The third kappa shape index (κ3) is 5.12. The van der Waals surface area contributed by atoms with Gasteiger partial charge in [-0.1, -0.05) is 25.3 Å². The molecule has 0 radical (unpaired) electrons. The molecule has 0 atom stereocenters. The molecule has 172 valence electrons. The predicted octanol–water partition coefficient (Wildman–Crippen LogP) is 6.52. The van der Waals surface area contributed by atoms with E-state index in [1.165, 1.54) is 12.3 Å². The second-order valence-electron chi connectivity index (χ2n) is 7.26. The maximum absolute atomic E-state index is 14.9. The van der Waals surface area contributed by atoms with Crippen molar-refractivity contribution in [1.82, 2.24) is 19.7 Å². The summed E-state index contributed by atoms with van der Waals surface area (Å²) >= 11 is 3.20. The zero-order valence-electron chi connectivity index (χ0n) is 18.1. The summed E-state index contributed by atoms with van der Waals surface area (Å²) in [5, 5.41) is 13.1. The summed E-state index contributed by atoms with van der Waals surface area (Å²) < 4.78 is 31.5. The second-order valence-corrected chi connectivity index (χ2v) is 8.11. The highest BCUT2D eigenvalue weighted by Gasteiger charge is 2.17. The Morgan fingerprint density at radius 1 is 1.09 bits per heavy atom. The first-order valence-corrected chi connectivity index (χ1v) is 10.9. The third-order valence-corrected chi connectivity index (χ3v) is 5.37. The largest absolute Gasteiger partial charge is 0.356 e. The molecule has 0 saturated heterocycles. The van der Waals surface area contributed by atoms with Crippen LogP contribution in [0.25, 0.3) is 11.1 Å². The van der Waals surface area contributed by atoms with Crippen molar-refractivity contribution in [3.63, 3.8) is 0 Å². The highest BCUT2D eigenvalue weighted by atomic mass is 79.9. The summed E-state index contributed by atoms with van der Waals surface area (Å²) in [6, 6.07) is 9.31. The molecule has 0 saturated carbocycles. The number of anilines is 5. The average Bonchev–Trinajstić information content (AvgIpc) is 3.22. The third-order valence-electron chi connectivity index (χ3n) is 4.76. The topological polar surface area (TPSA) is 79.7 Å². The van der Waals surface area contributed by atoms with Crippen molar-refractivity contribution in [1.29, 1.82) is 0 Å². The van der Waals surface area contributed by atoms with E-state index in [1.54, 1.807) is 60.5 Å². The lowest BCUT2D eigenvalue weighted by Gasteiger charge is -2.15. The number of hydrogen-bond acceptors (Lipinski definition) is 6. The molecule has 0 spiro atoms. The van der Waals surface area contributed by atoms with Gasteiger partial charge in [-0.25, -0.2) is 13.8 Å². The Balaban J connectivity index is 1.77. The van der Waals surface area contributed by atoms with E-state index < -0.39 is 11.6 Å². The minimum absolute atomic E-state index is 0.129. The summed E-state index contributed by atoms with van der Waals surface area (Å²) in [6.07, 6.45) is 6.38. The number of hydrogen-bond donors (Lipinski definition) is 3. The van der Waals surface area contributed by atoms with Crippen LogP contribution in [0.4, 0.5) is 37.6 Å². The number of nitrogens with zero attached hydrogens (tertiary/aromatic N) is 4. The summed E-state index contributed by atoms with van der Waals surface area (Å²) in [7, 11) is 1.78. The van der Waals surface area contributed by atoms with Gasteiger partial charge < -0.3 is 16.0 Å². The Bertz CT molecular complexity index is 1380. The molecule has 4 rings (SSSR count). The van der Waals surface area contributed by atoms with Crippen LogP contribution in [0.5, 0.6) is 0 Å². The van der Waals surface area contributed by atoms with Gasteiger partial charge in [0.05, 0.1) is 22.0 Å². The van der Waals surface area contributed by atoms with Gasteiger partial charge in [0.15, 0.2) is 0 Å². The van der Waals surface area contributed by atoms with Crippen LogP contribution in [0.3, 0.4) is 0 Å². The van der Waals surface area contributed by atoms with Crippen molar-refractivity contribution in [2.45, 2.75) is 0 Å². The summed E-state index contributed by atoms with van der Waals surface area (Å²) in [5.74, 6) is -0.572. The van der Waals surface area contributed by atoms with Crippen LogP contribution in [-0.4, -0.2) is 19.7 Å². The molecule has 0 fully saturated rings. The Morgan fingerprint density at radius 2 is 1.91 bits per heavy atom. The number of aromatic nitrogens is 4. The molecule has 3 N–H and O–H groups in total. The van der Waals surface area contributed by atoms with Crippen LogP contribution in [0.15, 0.2) is 84.4 Å². The van der Waals surface area contributed by atoms with Gasteiger partial charge >= 0.3 is 0 Å². The maximum atomic E-state index is 14.9. The van der Waals surface area contributed by atoms with Crippen molar-refractivity contribution >= 4 is 44.8 Å². The van der Waals surface area contributed by atoms with Crippen LogP contribution < -0.4 is 16.0 Å². The van der Waals surface area contributed by atoms with Crippen LogP contribution in [-0.2, 0) is 7.05 Å². The highest BCUT2D eigenvalue weighted by Crippen LogP contribution is 2.35. The molecule has 0 aliphatic carbocycles. The minimum atomic E-state index is -0.518. The van der Waals surface area contributed by atoms with Gasteiger partial charge in [0, 0.05) is 42.0 Å². The highest BCUT2D eigenvalue weighted by molar-refractivity contribution is 9.10. The molecule has 4 aromatic rings. The summed E-state index contributed by atoms with van der Waals surface area (Å²) in [4.78, 5) is 8.81. The molecular formula is C24H20BrF2N7. The molecule has 0 unspecified atom stereocenters. The molecule has 0 aliphatic rings. The number of benzene rings is 2. The Kier molecular flexibility index (Phi) is 6.69. The fourth-order valence-corrected chi connectivity index (χ4v) is 3.49. The van der Waals surface area contributed by atoms with Crippen molar-refractivity contribution in [3.05, 3.63) is 96.0 Å². The first-order valence-electron chi connectivity index (χ1n) is 10.1. The molecule has 10 heteroatoms. The smallest absolute Gasteiger partial charge is 0.229 e. The van der Waals surface area contributed by atoms with Gasteiger partial charge in [0.1, 0.15) is 17.5 Å². The van der Waals surface area contributed by atoms with E-state index in [1.807, 2.05) is 0 Å². The van der Waals surface area contributed by atoms with E-state index in [0.717, 1.165) is 0 Å². The summed E-state index contributed by atoms with van der Waals surface area (Å²) in [6.45, 7) is 7.45. The van der Waals surface area contributed by atoms with Gasteiger partial charge in [-0.05, 0) is 46.3 Å². The average molecular weight is 524 g/mol. The standard InChI is InChI=1S/C24H20BrF2N7/c1-4-14(2)30-15-8-9-20(26)21(10-15)32-23-18(17-6-5-7-19(25)22(17)27)12-28-24(33-23)31-16-11-29-34(3)13-16/h4-13,30H,1-2H2,3H3,(H2,28,31,32,33). The van der Waals surface area contributed by atoms with E-state index in [-0.39, 0.29) is 27.5 Å². The van der Waals surface area contributed by atoms with Gasteiger partial charge in [0.25, 0.3) is 0 Å². The van der Waals surface area contributed by atoms with E-state index in [4.69, 9.17) is 0 Å². The lowest BCUT2D eigenvalue weighted by molar-refractivity contribution is 0.624. The molecule has 0 aliphatic heterocycles. The van der Waals surface area contributed by atoms with E-state index in [2.05, 4.69) is 60.1 Å². The normalized spacial score (nSPS) is 10.6. The van der Waals surface area contributed by atoms with Crippen LogP contribution in [0.2, 0.25) is 0 Å². The van der Waals surface area contributed by atoms with Gasteiger partial charge in [0.2, 0.25) is 5.95 Å². The van der Waals surface area contributed by atoms with Crippen molar-refractivity contribution in [2.75, 3.05) is 16.0 Å². The lowest BCUT2D eigenvalue weighted by atomic mass is 10.1. The maximum Gasteiger partial charge on any atom is 0.229 e. The van der Waals surface area contributed by atoms with Crippen LogP contribution in [0.1, 0.15) is 0 Å². The molecule has 0 bridgehead atoms. The van der Waals surface area contributed by atoms with Gasteiger partial charge in [-0.15, -0.1) is 0 Å². The second kappa shape index (κ2) is 9.84. The number of rotatable bonds is 8. The molecule has 0 amide bonds. The SMILES string of the molecule is C=CC(=C)Nc1ccc(F)c(Nc2nc(Nc3cnn(C)c3)ncc2-c2cccc(Br)c2F)c1. The molecule has 2 heterocycles. The quantitative estimate of drug-likeness (QED) is 0.228. The van der Waals surface area contributed by atoms with Gasteiger partial charge in [-0.2, -0.15) is 10.1 Å². The van der Waals surface area contributed by atoms with E-state index in [0.29, 0.717) is 22.6 Å². The first kappa shape index (κ1) is 23.1. The van der Waals surface area contributed by atoms with E-state index >= 15 is 0 Å². The van der Waals surface area contributed by atoms with Gasteiger partial charge in [-0.3, -0.25) is 4.68 Å². The number of aryl methyl sites for hydroxylation is 1. The minimum Gasteiger partial charge on any atom is -0.356 e. The monoisotopic (exact) mass is 523 g/mol. The van der Waals surface area contributed by atoms with Crippen molar-refractivity contribution in [2.24, 2.45) is 7.05 Å². The Morgan fingerprint density at radius 3 is 2.65 bits per heavy atom. The van der Waals surface area contributed by atoms with Crippen LogP contribution in [0, 0.1) is 11.6 Å². The lowest BCUT2D eigenvalue weighted by Crippen LogP contribution is -2.05. The Labute approximate surface area is 203 Å². The molecule has 2 aromatic heterocycles. The van der Waals surface area contributed by atoms with Crippen molar-refractivity contribution in [3.8, 4) is 11.1 Å². The number of halogens is 3. The Hall–Kier alpha value is -4.05. The van der Waals surface area contributed by atoms with E-state index in [9.17, 15) is 8.78 Å². The number of allylic oxidation sites excluding steroid dienone is 1. The molecule has 34 heavy (non-hydrogen) atoms. The molecule has 2 aromatic carbocycles. The first-order chi connectivity index (χ1) is 16.3. The van der Waals surface area contributed by atoms with Crippen LogP contribution >= 0.6 is 15.9 Å². The fraction of sp³-hybridized carbons (Fsp3) is 0.0417.